The topological polar surface area (TPSA) is 0 Å². The van der Waals surface area contributed by atoms with Crippen LogP contribution < -0.4 is 0 Å². The van der Waals surface area contributed by atoms with Crippen molar-refractivity contribution in [3.63, 3.8) is 0 Å². The van der Waals surface area contributed by atoms with Gasteiger partial charge < -0.3 is 0 Å². The maximum atomic E-state index is 2.54. The van der Waals surface area contributed by atoms with Crippen LogP contribution in [0.3, 0.4) is 0 Å². The summed E-state index contributed by atoms with van der Waals surface area (Å²) < 4.78 is 0. The molecule has 0 bridgehead atoms. The van der Waals surface area contributed by atoms with Crippen LogP contribution >= 0.6 is 11.3 Å². The predicted octanol–water partition coefficient (Wildman–Crippen LogP) is 5.04. The molecule has 0 atom stereocenters. The summed E-state index contributed by atoms with van der Waals surface area (Å²) in [6.45, 7) is 7.19. The molecule has 17 heavy (non-hydrogen) atoms. The van der Waals surface area contributed by atoms with Gasteiger partial charge in [0, 0.05) is 10.4 Å². The van der Waals surface area contributed by atoms with Crippen LogP contribution in [-0.4, -0.2) is 8.07 Å². The summed E-state index contributed by atoms with van der Waals surface area (Å²) in [6, 6.07) is 11.0. The van der Waals surface area contributed by atoms with Gasteiger partial charge >= 0.3 is 0 Å². The highest BCUT2D eigenvalue weighted by atomic mass is 32.1. The van der Waals surface area contributed by atoms with E-state index in [1.54, 1.807) is 0 Å². The van der Waals surface area contributed by atoms with Crippen molar-refractivity contribution in [1.82, 2.24) is 0 Å². The highest BCUT2D eigenvalue weighted by Crippen LogP contribution is 2.47. The molecule has 0 unspecified atom stereocenters. The molecule has 0 amide bonds. The van der Waals surface area contributed by atoms with E-state index < -0.39 is 8.07 Å². The first-order valence-electron chi connectivity index (χ1n) is 5.97. The molecule has 86 valence electrons. The third-order valence-corrected chi connectivity index (χ3v) is 5.10. The minimum absolute atomic E-state index is 1.19. The summed E-state index contributed by atoms with van der Waals surface area (Å²) in [6.07, 6.45) is 0. The number of fused-ring (bicyclic) bond motifs is 3. The molecule has 0 N–H and O–H groups in total. The summed E-state index contributed by atoms with van der Waals surface area (Å²) in [7, 11) is -1.19. The van der Waals surface area contributed by atoms with Crippen molar-refractivity contribution >= 4 is 25.0 Å². The van der Waals surface area contributed by atoms with E-state index in [0.29, 0.717) is 0 Å². The van der Waals surface area contributed by atoms with Crippen molar-refractivity contribution in [3.8, 4) is 11.1 Å². The smallest absolute Gasteiger partial charge is 0.0695 e. The van der Waals surface area contributed by atoms with E-state index in [1.165, 1.54) is 27.1 Å². The first kappa shape index (κ1) is 11.0. The van der Waals surface area contributed by atoms with E-state index in [-0.39, 0.29) is 0 Å². The second kappa shape index (κ2) is 3.69. The SMILES string of the molecule is C[Si](C)(C)/C=C1/c2ccccc2-c2ccsc21. The second-order valence-electron chi connectivity index (χ2n) is 5.63. The second-order valence-corrected chi connectivity index (χ2v) is 11.6. The molecule has 0 saturated heterocycles. The number of hydrogen-bond donors (Lipinski definition) is 0. The normalized spacial score (nSPS) is 16.1. The molecule has 0 nitrogen and oxygen atoms in total. The van der Waals surface area contributed by atoms with Crippen molar-refractivity contribution in [3.05, 3.63) is 51.9 Å². The van der Waals surface area contributed by atoms with Gasteiger partial charge in [-0.15, -0.1) is 11.3 Å². The van der Waals surface area contributed by atoms with E-state index in [2.05, 4.69) is 61.1 Å². The van der Waals surface area contributed by atoms with Crippen LogP contribution in [0.5, 0.6) is 0 Å². The zero-order valence-corrected chi connectivity index (χ0v) is 12.3. The Labute approximate surface area is 108 Å². The number of rotatable bonds is 1. The molecule has 0 spiro atoms. The first-order valence-corrected chi connectivity index (χ1v) is 10.4. The molecule has 1 heterocycles. The fourth-order valence-electron chi connectivity index (χ4n) is 2.38. The minimum Gasteiger partial charge on any atom is -0.143 e. The Morgan fingerprint density at radius 2 is 1.65 bits per heavy atom. The van der Waals surface area contributed by atoms with Crippen LogP contribution in [0.25, 0.3) is 16.7 Å². The molecule has 0 saturated carbocycles. The van der Waals surface area contributed by atoms with Gasteiger partial charge in [-0.25, -0.2) is 0 Å². The van der Waals surface area contributed by atoms with Gasteiger partial charge in [-0.3, -0.25) is 0 Å². The van der Waals surface area contributed by atoms with Gasteiger partial charge in [-0.1, -0.05) is 49.6 Å². The van der Waals surface area contributed by atoms with Gasteiger partial charge in [-0.05, 0) is 28.1 Å². The first-order chi connectivity index (χ1) is 8.06. The van der Waals surface area contributed by atoms with Gasteiger partial charge in [-0.2, -0.15) is 0 Å². The number of hydrogen-bond acceptors (Lipinski definition) is 1. The van der Waals surface area contributed by atoms with Crippen LogP contribution in [0, 0.1) is 0 Å². The Morgan fingerprint density at radius 3 is 2.35 bits per heavy atom. The van der Waals surface area contributed by atoms with E-state index in [9.17, 15) is 0 Å². The molecular formula is C15H16SSi. The van der Waals surface area contributed by atoms with Crippen LogP contribution in [0.4, 0.5) is 0 Å². The van der Waals surface area contributed by atoms with Crippen LogP contribution in [-0.2, 0) is 0 Å². The maximum absolute atomic E-state index is 2.54. The Kier molecular flexibility index (Phi) is 2.38. The largest absolute Gasteiger partial charge is 0.143 e. The van der Waals surface area contributed by atoms with Gasteiger partial charge in [0.05, 0.1) is 8.07 Å². The van der Waals surface area contributed by atoms with E-state index >= 15 is 0 Å². The molecule has 0 fully saturated rings. The van der Waals surface area contributed by atoms with Gasteiger partial charge in [0.2, 0.25) is 0 Å². The Morgan fingerprint density at radius 1 is 0.941 bits per heavy atom. The van der Waals surface area contributed by atoms with E-state index in [1.807, 2.05) is 11.3 Å². The molecule has 1 aliphatic rings. The Hall–Kier alpha value is -1.12. The lowest BCUT2D eigenvalue weighted by atomic mass is 10.1. The van der Waals surface area contributed by atoms with E-state index in [0.717, 1.165) is 0 Å². The van der Waals surface area contributed by atoms with Crippen molar-refractivity contribution in [2.45, 2.75) is 19.6 Å². The van der Waals surface area contributed by atoms with Crippen molar-refractivity contribution in [2.24, 2.45) is 0 Å². The number of thiophene rings is 1. The average Bonchev–Trinajstić information content (AvgIpc) is 2.81. The third kappa shape index (κ3) is 1.81. The Balaban J connectivity index is 2.29. The molecule has 1 aliphatic carbocycles. The van der Waals surface area contributed by atoms with Crippen LogP contribution in [0.2, 0.25) is 19.6 Å². The van der Waals surface area contributed by atoms with Gasteiger partial charge in [0.15, 0.2) is 0 Å². The lowest BCUT2D eigenvalue weighted by Gasteiger charge is -2.12. The van der Waals surface area contributed by atoms with Gasteiger partial charge in [0.1, 0.15) is 0 Å². The minimum atomic E-state index is -1.19. The molecule has 0 radical (unpaired) electrons. The van der Waals surface area contributed by atoms with Gasteiger partial charge in [0.25, 0.3) is 0 Å². The van der Waals surface area contributed by atoms with Crippen molar-refractivity contribution < 1.29 is 0 Å². The fourth-order valence-corrected chi connectivity index (χ4v) is 4.59. The molecule has 2 aromatic rings. The zero-order valence-electron chi connectivity index (χ0n) is 10.4. The zero-order chi connectivity index (χ0) is 12.0. The van der Waals surface area contributed by atoms with Crippen molar-refractivity contribution in [2.75, 3.05) is 0 Å². The summed E-state index contributed by atoms with van der Waals surface area (Å²) in [5, 5.41) is 2.21. The molecule has 2 heteroatoms. The molecule has 3 rings (SSSR count). The monoisotopic (exact) mass is 256 g/mol. The summed E-state index contributed by atoms with van der Waals surface area (Å²) in [5.74, 6) is 0. The summed E-state index contributed by atoms with van der Waals surface area (Å²) in [4.78, 5) is 1.47. The third-order valence-electron chi connectivity index (χ3n) is 2.99. The molecule has 0 aliphatic heterocycles. The lowest BCUT2D eigenvalue weighted by molar-refractivity contribution is 1.65. The standard InChI is InChI=1S/C15H16SSi/c1-17(2,3)10-14-12-7-5-4-6-11(12)13-8-9-16-15(13)14/h4-10H,1-3H3/b14-10-. The molecular weight excluding hydrogens is 240 g/mol. The highest BCUT2D eigenvalue weighted by Gasteiger charge is 2.25. The van der Waals surface area contributed by atoms with Crippen LogP contribution in [0.1, 0.15) is 10.4 Å². The Bertz CT molecular complexity index is 599. The average molecular weight is 256 g/mol. The van der Waals surface area contributed by atoms with Crippen LogP contribution in [0.15, 0.2) is 41.4 Å². The van der Waals surface area contributed by atoms with E-state index in [4.69, 9.17) is 0 Å². The molecule has 1 aromatic heterocycles. The fraction of sp³-hybridized carbons (Fsp3) is 0.200. The highest BCUT2D eigenvalue weighted by molar-refractivity contribution is 7.12. The maximum Gasteiger partial charge on any atom is 0.0695 e. The van der Waals surface area contributed by atoms with Crippen molar-refractivity contribution in [1.29, 1.82) is 0 Å². The quantitative estimate of drug-likeness (QED) is 0.535. The predicted molar refractivity (Wildman–Crippen MR) is 80.2 cm³/mol. The summed E-state index contributed by atoms with van der Waals surface area (Å²) in [5.41, 5.74) is 8.28. The number of benzene rings is 1. The molecule has 1 aromatic carbocycles. The lowest BCUT2D eigenvalue weighted by Crippen LogP contribution is -2.16. The summed E-state index contributed by atoms with van der Waals surface area (Å²) >= 11 is 1.87.